The van der Waals surface area contributed by atoms with E-state index in [0.29, 0.717) is 0 Å². The average Bonchev–Trinajstić information content (AvgIpc) is 2.44. The Morgan fingerprint density at radius 3 is 2.33 bits per heavy atom. The first-order valence-corrected chi connectivity index (χ1v) is 6.33. The summed E-state index contributed by atoms with van der Waals surface area (Å²) < 4.78 is 14.3. The van der Waals surface area contributed by atoms with Crippen LogP contribution in [0, 0.1) is 0 Å². The number of aliphatic hydroxyl groups excluding tert-OH is 3. The minimum Gasteiger partial charge on any atom is -0.431 e. The molecule has 0 unspecified atom stereocenters. The second kappa shape index (κ2) is 5.48. The number of carbonyl (C=O) groups excluding carboxylic acids is 2. The molecule has 5 atom stereocenters. The lowest BCUT2D eigenvalue weighted by molar-refractivity contribution is -0.465. The fourth-order valence-electron chi connectivity index (χ4n) is 2.21. The van der Waals surface area contributed by atoms with Crippen molar-refractivity contribution in [3.63, 3.8) is 0 Å². The molecule has 0 aromatic heterocycles. The van der Waals surface area contributed by atoms with Gasteiger partial charge in [-0.05, 0) is 6.42 Å². The predicted octanol–water partition coefficient (Wildman–Crippen LogP) is -3.33. The van der Waals surface area contributed by atoms with Gasteiger partial charge in [-0.15, -0.1) is 0 Å². The van der Waals surface area contributed by atoms with Crippen LogP contribution in [-0.2, 0) is 23.8 Å². The summed E-state index contributed by atoms with van der Waals surface area (Å²) in [5.41, 5.74) is 2.93. The molecule has 10 nitrogen and oxygen atoms in total. The molecule has 2 fully saturated rings. The summed E-state index contributed by atoms with van der Waals surface area (Å²) in [6.07, 6.45) is -5.63. The van der Waals surface area contributed by atoms with Gasteiger partial charge in [-0.3, -0.25) is 15.3 Å². The lowest BCUT2D eigenvalue weighted by atomic mass is 9.92. The number of hydrogen-bond donors (Lipinski definition) is 5. The first kappa shape index (κ1) is 16.1. The zero-order chi connectivity index (χ0) is 15.8. The summed E-state index contributed by atoms with van der Waals surface area (Å²) in [6, 6.07) is 0. The van der Waals surface area contributed by atoms with Crippen molar-refractivity contribution in [2.24, 2.45) is 5.73 Å². The fraction of sp³-hybridized carbons (Fsp3) is 0.818. The molecule has 0 bridgehead atoms. The van der Waals surface area contributed by atoms with Crippen LogP contribution >= 0.6 is 0 Å². The van der Waals surface area contributed by atoms with Crippen LogP contribution in [0.25, 0.3) is 0 Å². The lowest BCUT2D eigenvalue weighted by Crippen LogP contribution is -2.79. The number of rotatable bonds is 1. The van der Waals surface area contributed by atoms with Crippen molar-refractivity contribution in [1.29, 1.82) is 0 Å². The predicted molar refractivity (Wildman–Crippen MR) is 61.9 cm³/mol. The van der Waals surface area contributed by atoms with E-state index >= 15 is 0 Å². The van der Waals surface area contributed by atoms with Gasteiger partial charge in [-0.1, -0.05) is 0 Å². The molecule has 120 valence electrons. The molecular formula is C11H17NO9. The van der Waals surface area contributed by atoms with Gasteiger partial charge in [0.1, 0.15) is 18.3 Å². The maximum atomic E-state index is 11.6. The van der Waals surface area contributed by atoms with Gasteiger partial charge in [-0.25, -0.2) is 0 Å². The topological polar surface area (TPSA) is 169 Å². The molecule has 2 heterocycles. The largest absolute Gasteiger partial charge is 0.431 e. The highest BCUT2D eigenvalue weighted by atomic mass is 16.9. The highest BCUT2D eigenvalue weighted by molar-refractivity contribution is 5.74. The molecule has 2 saturated heterocycles. The fourth-order valence-corrected chi connectivity index (χ4v) is 2.21. The second-order valence-corrected chi connectivity index (χ2v) is 4.95. The van der Waals surface area contributed by atoms with E-state index in [1.54, 1.807) is 0 Å². The molecular weight excluding hydrogens is 290 g/mol. The quantitative estimate of drug-likeness (QED) is 0.309. The van der Waals surface area contributed by atoms with Gasteiger partial charge in [0.2, 0.25) is 0 Å². The van der Waals surface area contributed by atoms with Crippen molar-refractivity contribution in [2.75, 3.05) is 6.61 Å². The molecule has 0 amide bonds. The van der Waals surface area contributed by atoms with Crippen molar-refractivity contribution in [2.45, 2.75) is 49.3 Å². The molecule has 0 saturated carbocycles. The molecule has 2 aliphatic heterocycles. The Hall–Kier alpha value is -1.30. The number of hydrogen-bond acceptors (Lipinski definition) is 10. The minimum absolute atomic E-state index is 0.0892. The van der Waals surface area contributed by atoms with Crippen LogP contribution in [-0.4, -0.2) is 69.0 Å². The number of nitrogens with two attached hydrogens (primary N) is 1. The second-order valence-electron chi connectivity index (χ2n) is 4.95. The maximum Gasteiger partial charge on any atom is 0.387 e. The molecule has 6 N–H and O–H groups in total. The van der Waals surface area contributed by atoms with Crippen molar-refractivity contribution >= 4 is 11.9 Å². The number of carbonyl (C=O) groups is 2. The Morgan fingerprint density at radius 2 is 1.76 bits per heavy atom. The first-order valence-electron chi connectivity index (χ1n) is 6.33. The van der Waals surface area contributed by atoms with Gasteiger partial charge in [0.15, 0.2) is 0 Å². The Morgan fingerprint density at radius 1 is 1.19 bits per heavy atom. The van der Waals surface area contributed by atoms with Gasteiger partial charge in [0, 0.05) is 12.8 Å². The van der Waals surface area contributed by atoms with E-state index in [0.717, 1.165) is 0 Å². The highest BCUT2D eigenvalue weighted by Crippen LogP contribution is 2.38. The Balaban J connectivity index is 2.44. The van der Waals surface area contributed by atoms with Gasteiger partial charge < -0.3 is 34.6 Å². The Labute approximate surface area is 119 Å². The van der Waals surface area contributed by atoms with E-state index in [-0.39, 0.29) is 19.3 Å². The van der Waals surface area contributed by atoms with Crippen molar-refractivity contribution in [1.82, 2.24) is 0 Å². The van der Waals surface area contributed by atoms with E-state index < -0.39 is 48.6 Å². The van der Waals surface area contributed by atoms with Crippen LogP contribution in [0.15, 0.2) is 0 Å². The molecule has 2 rings (SSSR count). The van der Waals surface area contributed by atoms with Crippen molar-refractivity contribution < 1.29 is 44.2 Å². The number of ether oxygens (including phenoxy) is 3. The summed E-state index contributed by atoms with van der Waals surface area (Å²) in [5.74, 6) is -4.88. The van der Waals surface area contributed by atoms with E-state index in [1.165, 1.54) is 0 Å². The van der Waals surface area contributed by atoms with E-state index in [1.807, 2.05) is 0 Å². The minimum atomic E-state index is -3.03. The van der Waals surface area contributed by atoms with Crippen LogP contribution in [0.5, 0.6) is 0 Å². The molecule has 21 heavy (non-hydrogen) atoms. The van der Waals surface area contributed by atoms with Gasteiger partial charge >= 0.3 is 17.9 Å². The summed E-state index contributed by atoms with van der Waals surface area (Å²) in [5, 5.41) is 39.2. The van der Waals surface area contributed by atoms with E-state index in [4.69, 9.17) is 20.3 Å². The van der Waals surface area contributed by atoms with Gasteiger partial charge in [-0.2, -0.15) is 0 Å². The van der Waals surface area contributed by atoms with Gasteiger partial charge in [0.25, 0.3) is 5.72 Å². The van der Waals surface area contributed by atoms with Crippen LogP contribution in [0.3, 0.4) is 0 Å². The van der Waals surface area contributed by atoms with Gasteiger partial charge in [0.05, 0.1) is 6.61 Å². The first-order chi connectivity index (χ1) is 9.73. The summed E-state index contributed by atoms with van der Waals surface area (Å²) in [7, 11) is 0. The zero-order valence-electron chi connectivity index (χ0n) is 11.0. The van der Waals surface area contributed by atoms with Crippen LogP contribution in [0.4, 0.5) is 0 Å². The average molecular weight is 307 g/mol. The number of fused-ring (bicyclic) bond motifs is 1. The maximum absolute atomic E-state index is 11.6. The molecule has 0 spiro atoms. The number of esters is 2. The molecule has 0 aromatic rings. The molecule has 0 aliphatic carbocycles. The molecule has 0 radical (unpaired) electrons. The normalized spacial score (nSPS) is 44.7. The third-order valence-electron chi connectivity index (χ3n) is 3.43. The molecule has 2 aliphatic rings. The van der Waals surface area contributed by atoms with Crippen LogP contribution < -0.4 is 5.73 Å². The summed E-state index contributed by atoms with van der Waals surface area (Å²) in [4.78, 5) is 23.2. The van der Waals surface area contributed by atoms with Crippen molar-refractivity contribution in [3.05, 3.63) is 0 Å². The van der Waals surface area contributed by atoms with Crippen molar-refractivity contribution in [3.8, 4) is 0 Å². The van der Waals surface area contributed by atoms with Crippen LogP contribution in [0.2, 0.25) is 0 Å². The third-order valence-corrected chi connectivity index (χ3v) is 3.43. The van der Waals surface area contributed by atoms with E-state index in [2.05, 4.69) is 4.74 Å². The smallest absolute Gasteiger partial charge is 0.387 e. The lowest BCUT2D eigenvalue weighted by Gasteiger charge is -2.50. The van der Waals surface area contributed by atoms with Crippen LogP contribution in [0.1, 0.15) is 19.3 Å². The summed E-state index contributed by atoms with van der Waals surface area (Å²) in [6.45, 7) is -0.803. The third kappa shape index (κ3) is 2.61. The molecule has 0 aromatic carbocycles. The standard InChI is InChI=1S/C11H17NO9/c12-10-9(17)8(16)5(4-13)19-11(10,18)21-7(15)3-1-2-6(14)20-10/h5,8-9,13,16-18H,1-4,12H2/t5-,8-,9+,10+,11-/m1/s1. The summed E-state index contributed by atoms with van der Waals surface area (Å²) >= 11 is 0. The molecule has 10 heteroatoms. The SMILES string of the molecule is N[C@@]12OC(=O)CCCC(=O)O[C@]1(O)O[C@H](CO)[C@@H](O)[C@@H]2O. The highest BCUT2D eigenvalue weighted by Gasteiger charge is 2.68. The number of aliphatic hydroxyl groups is 4. The monoisotopic (exact) mass is 307 g/mol. The zero-order valence-corrected chi connectivity index (χ0v) is 11.0. The Kier molecular flexibility index (Phi) is 4.19. The Bertz CT molecular complexity index is 443. The van der Waals surface area contributed by atoms with E-state index in [9.17, 15) is 24.9 Å².